The van der Waals surface area contributed by atoms with E-state index in [2.05, 4.69) is 55.6 Å². The van der Waals surface area contributed by atoms with Gasteiger partial charge in [0.15, 0.2) is 0 Å². The van der Waals surface area contributed by atoms with Gasteiger partial charge in [0.25, 0.3) is 0 Å². The van der Waals surface area contributed by atoms with Gasteiger partial charge in [0.05, 0.1) is 18.8 Å². The van der Waals surface area contributed by atoms with Crippen LogP contribution in [0.2, 0.25) is 0 Å². The van der Waals surface area contributed by atoms with E-state index < -0.39 is 12.1 Å². The summed E-state index contributed by atoms with van der Waals surface area (Å²) in [6, 6.07) is -0.637. The number of nitrogens with one attached hydrogen (secondary N) is 1. The van der Waals surface area contributed by atoms with E-state index in [1.807, 2.05) is 6.08 Å². The van der Waals surface area contributed by atoms with Crippen LogP contribution < -0.4 is 5.32 Å². The summed E-state index contributed by atoms with van der Waals surface area (Å²) in [5.74, 6) is -0.0812. The van der Waals surface area contributed by atoms with Crippen molar-refractivity contribution in [1.29, 1.82) is 0 Å². The fraction of sp³-hybridized carbons (Fsp3) is 0.775. The molecule has 0 rings (SSSR count). The van der Waals surface area contributed by atoms with Crippen molar-refractivity contribution < 1.29 is 15.0 Å². The minimum atomic E-state index is -0.860. The molecule has 0 saturated carbocycles. The molecule has 0 aromatic heterocycles. The maximum absolute atomic E-state index is 12.3. The van der Waals surface area contributed by atoms with Crippen LogP contribution in [0.15, 0.2) is 48.6 Å². The number of amides is 1. The molecule has 4 nitrogen and oxygen atoms in total. The maximum atomic E-state index is 12.3. The first-order chi connectivity index (χ1) is 21.7. The number of unbranched alkanes of at least 4 members (excludes halogenated alkanes) is 20. The van der Waals surface area contributed by atoms with Gasteiger partial charge >= 0.3 is 0 Å². The van der Waals surface area contributed by atoms with Crippen LogP contribution in [0, 0.1) is 0 Å². The van der Waals surface area contributed by atoms with Gasteiger partial charge in [0, 0.05) is 6.42 Å². The molecule has 4 heteroatoms. The molecule has 0 aromatic carbocycles. The number of hydrogen-bond acceptors (Lipinski definition) is 3. The topological polar surface area (TPSA) is 69.6 Å². The first-order valence-electron chi connectivity index (χ1n) is 18.9. The zero-order chi connectivity index (χ0) is 32.2. The Morgan fingerprint density at radius 1 is 0.545 bits per heavy atom. The highest BCUT2D eigenvalue weighted by atomic mass is 16.3. The molecule has 0 bridgehead atoms. The van der Waals surface area contributed by atoms with Crippen molar-refractivity contribution in [3.8, 4) is 0 Å². The highest BCUT2D eigenvalue weighted by molar-refractivity contribution is 5.76. The third-order valence-corrected chi connectivity index (χ3v) is 8.28. The predicted molar refractivity (Wildman–Crippen MR) is 193 cm³/mol. The Bertz CT molecular complexity index is 711. The van der Waals surface area contributed by atoms with Gasteiger partial charge in [-0.2, -0.15) is 0 Å². The quantitative estimate of drug-likeness (QED) is 0.0508. The summed E-state index contributed by atoms with van der Waals surface area (Å²) in [6.45, 7) is 4.22. The summed E-state index contributed by atoms with van der Waals surface area (Å²) in [5.41, 5.74) is 0. The number of rotatable bonds is 33. The third kappa shape index (κ3) is 31.8. The van der Waals surface area contributed by atoms with Crippen LogP contribution in [-0.2, 0) is 4.79 Å². The van der Waals surface area contributed by atoms with Crippen LogP contribution in [0.1, 0.15) is 181 Å². The molecule has 0 aliphatic carbocycles. The highest BCUT2D eigenvalue weighted by Crippen LogP contribution is 2.13. The van der Waals surface area contributed by atoms with Gasteiger partial charge < -0.3 is 15.5 Å². The fourth-order valence-corrected chi connectivity index (χ4v) is 5.34. The predicted octanol–water partition coefficient (Wildman–Crippen LogP) is 11.2. The summed E-state index contributed by atoms with van der Waals surface area (Å²) in [6.07, 6.45) is 47.8. The molecule has 0 radical (unpaired) electrons. The monoisotopic (exact) mass is 616 g/mol. The molecule has 0 aromatic rings. The lowest BCUT2D eigenvalue weighted by atomic mass is 10.0. The zero-order valence-electron chi connectivity index (χ0n) is 29.2. The summed E-state index contributed by atoms with van der Waals surface area (Å²) >= 11 is 0. The molecule has 1 amide bonds. The second kappa shape index (κ2) is 35.8. The van der Waals surface area contributed by atoms with Crippen LogP contribution in [0.5, 0.6) is 0 Å². The smallest absolute Gasteiger partial charge is 0.220 e. The Morgan fingerprint density at radius 2 is 0.955 bits per heavy atom. The minimum Gasteiger partial charge on any atom is -0.394 e. The molecule has 0 aliphatic rings. The van der Waals surface area contributed by atoms with E-state index in [1.54, 1.807) is 6.08 Å². The average molecular weight is 616 g/mol. The number of aliphatic hydroxyl groups is 2. The summed E-state index contributed by atoms with van der Waals surface area (Å²) < 4.78 is 0. The molecule has 0 saturated heterocycles. The number of carbonyl (C=O) groups is 1. The molecular weight excluding hydrogens is 542 g/mol. The van der Waals surface area contributed by atoms with Gasteiger partial charge in [-0.1, -0.05) is 159 Å². The van der Waals surface area contributed by atoms with Crippen LogP contribution in [0.3, 0.4) is 0 Å². The first-order valence-corrected chi connectivity index (χ1v) is 18.9. The Labute approximate surface area is 274 Å². The summed E-state index contributed by atoms with van der Waals surface area (Å²) in [4.78, 5) is 12.3. The van der Waals surface area contributed by atoms with Crippen molar-refractivity contribution in [2.24, 2.45) is 0 Å². The zero-order valence-corrected chi connectivity index (χ0v) is 29.2. The van der Waals surface area contributed by atoms with E-state index in [0.29, 0.717) is 6.42 Å². The number of hydrogen-bond donors (Lipinski definition) is 3. The van der Waals surface area contributed by atoms with Gasteiger partial charge in [-0.15, -0.1) is 0 Å². The second-order valence-corrected chi connectivity index (χ2v) is 12.6. The van der Waals surface area contributed by atoms with Crippen LogP contribution in [-0.4, -0.2) is 34.9 Å². The van der Waals surface area contributed by atoms with Gasteiger partial charge in [-0.05, 0) is 64.2 Å². The fourth-order valence-electron chi connectivity index (χ4n) is 5.34. The molecule has 256 valence electrons. The second-order valence-electron chi connectivity index (χ2n) is 12.6. The van der Waals surface area contributed by atoms with Crippen molar-refractivity contribution in [2.45, 2.75) is 193 Å². The van der Waals surface area contributed by atoms with Gasteiger partial charge in [-0.3, -0.25) is 4.79 Å². The van der Waals surface area contributed by atoms with Crippen molar-refractivity contribution >= 4 is 5.91 Å². The lowest BCUT2D eigenvalue weighted by Crippen LogP contribution is -2.45. The minimum absolute atomic E-state index is 0.0812. The van der Waals surface area contributed by atoms with Crippen LogP contribution in [0.4, 0.5) is 0 Å². The molecule has 0 spiro atoms. The van der Waals surface area contributed by atoms with E-state index in [9.17, 15) is 15.0 Å². The van der Waals surface area contributed by atoms with E-state index in [4.69, 9.17) is 0 Å². The largest absolute Gasteiger partial charge is 0.394 e. The van der Waals surface area contributed by atoms with Crippen molar-refractivity contribution in [3.63, 3.8) is 0 Å². The molecule has 2 atom stereocenters. The summed E-state index contributed by atoms with van der Waals surface area (Å²) in [5, 5.41) is 22.8. The first kappa shape index (κ1) is 42.3. The SMILES string of the molecule is CCCCC/C=C/CC/C=C/C(O)C(CO)NC(=O)CCCCCCCCCCCCC/C=C\C/C=C\CCCCCCC. The van der Waals surface area contributed by atoms with Crippen molar-refractivity contribution in [3.05, 3.63) is 48.6 Å². The molecular formula is C40H73NO3. The number of allylic oxidation sites excluding steroid dienone is 7. The maximum Gasteiger partial charge on any atom is 0.220 e. The number of carbonyl (C=O) groups excluding carboxylic acids is 1. The van der Waals surface area contributed by atoms with Gasteiger partial charge in [-0.25, -0.2) is 0 Å². The standard InChI is InChI=1S/C40H73NO3/c1-3-5-7-9-11-13-14-15-16-17-18-19-20-21-22-23-24-25-26-28-30-32-34-36-40(44)41-38(37-42)39(43)35-33-31-29-27-12-10-8-6-4-2/h12,14-15,17-18,27,33,35,38-39,42-43H,3-11,13,16,19-26,28-32,34,36-37H2,1-2H3,(H,41,44)/b15-14-,18-17-,27-12+,35-33+. The molecule has 3 N–H and O–H groups in total. The molecule has 0 heterocycles. The highest BCUT2D eigenvalue weighted by Gasteiger charge is 2.17. The normalized spacial score (nSPS) is 13.6. The Balaban J connectivity index is 3.57. The molecule has 2 unspecified atom stereocenters. The number of aliphatic hydroxyl groups excluding tert-OH is 2. The lowest BCUT2D eigenvalue weighted by Gasteiger charge is -2.19. The third-order valence-electron chi connectivity index (χ3n) is 8.28. The van der Waals surface area contributed by atoms with E-state index in [-0.39, 0.29) is 12.5 Å². The van der Waals surface area contributed by atoms with Gasteiger partial charge in [0.1, 0.15) is 0 Å². The Hall–Kier alpha value is -1.65. The summed E-state index contributed by atoms with van der Waals surface area (Å²) in [7, 11) is 0. The van der Waals surface area contributed by atoms with Crippen LogP contribution in [0.25, 0.3) is 0 Å². The molecule has 44 heavy (non-hydrogen) atoms. The van der Waals surface area contributed by atoms with Crippen LogP contribution >= 0.6 is 0 Å². The van der Waals surface area contributed by atoms with Crippen molar-refractivity contribution in [1.82, 2.24) is 5.32 Å². The molecule has 0 fully saturated rings. The van der Waals surface area contributed by atoms with Crippen molar-refractivity contribution in [2.75, 3.05) is 6.61 Å². The Morgan fingerprint density at radius 3 is 1.50 bits per heavy atom. The van der Waals surface area contributed by atoms with E-state index in [0.717, 1.165) is 38.5 Å². The molecule has 0 aliphatic heterocycles. The van der Waals surface area contributed by atoms with E-state index >= 15 is 0 Å². The van der Waals surface area contributed by atoms with E-state index in [1.165, 1.54) is 122 Å². The Kier molecular flexibility index (Phi) is 34.5. The average Bonchev–Trinajstić information content (AvgIpc) is 3.03. The lowest BCUT2D eigenvalue weighted by molar-refractivity contribution is -0.123. The van der Waals surface area contributed by atoms with Gasteiger partial charge in [0.2, 0.25) is 5.91 Å².